The molecule has 0 aliphatic carbocycles. The Morgan fingerprint density at radius 3 is 2.37 bits per heavy atom. The molecule has 0 bridgehead atoms. The number of hydrogen-bond acceptors (Lipinski definition) is 6. The highest BCUT2D eigenvalue weighted by Crippen LogP contribution is 2.24. The van der Waals surface area contributed by atoms with Gasteiger partial charge in [0.05, 0.1) is 0 Å². The summed E-state index contributed by atoms with van der Waals surface area (Å²) in [6.45, 7) is 6.50. The van der Waals surface area contributed by atoms with Gasteiger partial charge in [0.25, 0.3) is 0 Å². The Hall–Kier alpha value is -2.12. The Morgan fingerprint density at radius 1 is 1.19 bits per heavy atom. The second-order valence-electron chi connectivity index (χ2n) is 7.73. The van der Waals surface area contributed by atoms with Gasteiger partial charge in [0.15, 0.2) is 6.23 Å². The van der Waals surface area contributed by atoms with Crippen LogP contribution in [0.3, 0.4) is 0 Å². The molecule has 1 aliphatic heterocycles. The number of primary amides is 1. The van der Waals surface area contributed by atoms with Crippen LogP contribution in [-0.4, -0.2) is 47.7 Å². The van der Waals surface area contributed by atoms with Crippen LogP contribution in [0.1, 0.15) is 33.6 Å². The third-order valence-electron chi connectivity index (χ3n) is 4.29. The summed E-state index contributed by atoms with van der Waals surface area (Å²) in [4.78, 5) is 27.1. The molecule has 1 heterocycles. The summed E-state index contributed by atoms with van der Waals surface area (Å²) in [6.07, 6.45) is 2.84. The van der Waals surface area contributed by atoms with Gasteiger partial charge in [-0.15, -0.1) is 0 Å². The number of para-hydroxylation sites is 1. The molecule has 1 amide bonds. The number of benzene rings is 1. The summed E-state index contributed by atoms with van der Waals surface area (Å²) in [7, 11) is 0. The third-order valence-corrected chi connectivity index (χ3v) is 4.29. The van der Waals surface area contributed by atoms with E-state index >= 15 is 0 Å². The number of rotatable bonds is 7. The number of nitrogens with zero attached hydrogens (tertiary/aromatic N) is 1. The van der Waals surface area contributed by atoms with Gasteiger partial charge in [0.2, 0.25) is 5.91 Å². The molecule has 1 unspecified atom stereocenters. The molecule has 1 aromatic rings. The molecule has 2 rings (SSSR count). The maximum atomic E-state index is 13.0. The molecule has 1 aliphatic rings. The fourth-order valence-electron chi connectivity index (χ4n) is 3.17. The number of carbonyl (C=O) groups excluding carboxylic acids is 2. The van der Waals surface area contributed by atoms with Crippen molar-refractivity contribution in [2.24, 2.45) is 17.4 Å². The first-order chi connectivity index (χ1) is 12.7. The van der Waals surface area contributed by atoms with E-state index in [4.69, 9.17) is 20.9 Å². The molecule has 0 spiro atoms. The molecule has 27 heavy (non-hydrogen) atoms. The zero-order valence-electron chi connectivity index (χ0n) is 16.3. The van der Waals surface area contributed by atoms with Crippen LogP contribution in [-0.2, 0) is 14.3 Å². The first-order valence-electron chi connectivity index (χ1n) is 9.24. The van der Waals surface area contributed by atoms with Gasteiger partial charge in [0, 0.05) is 6.54 Å². The summed E-state index contributed by atoms with van der Waals surface area (Å²) in [5.41, 5.74) is 11.2. The standard InChI is InChI=1S/C20H30N3O4/c1-20(2,3)27-19(25)15(18(22)26-14-10-6-4-7-11-14)16(17(21)24)23-12-8-5-9-13-23/h4,6-8,10-11,15-16,18H,5,9,12-13,22H2,1-3H3,(H2,21,24)/t15?,16-,18-/m1/s1. The van der Waals surface area contributed by atoms with E-state index in [9.17, 15) is 9.59 Å². The van der Waals surface area contributed by atoms with E-state index in [1.165, 1.54) is 0 Å². The zero-order chi connectivity index (χ0) is 20.0. The van der Waals surface area contributed by atoms with Crippen LogP contribution in [0.4, 0.5) is 0 Å². The van der Waals surface area contributed by atoms with Crippen LogP contribution in [0.25, 0.3) is 0 Å². The average molecular weight is 376 g/mol. The minimum absolute atomic E-state index is 0.506. The van der Waals surface area contributed by atoms with Gasteiger partial charge in [-0.05, 0) is 58.7 Å². The molecule has 1 saturated heterocycles. The Morgan fingerprint density at radius 2 is 1.85 bits per heavy atom. The quantitative estimate of drug-likeness (QED) is 0.551. The highest BCUT2D eigenvalue weighted by molar-refractivity contribution is 5.87. The number of esters is 1. The van der Waals surface area contributed by atoms with E-state index in [2.05, 4.69) is 6.42 Å². The fourth-order valence-corrected chi connectivity index (χ4v) is 3.17. The topological polar surface area (TPSA) is 108 Å². The molecule has 0 saturated carbocycles. The number of ether oxygens (including phenoxy) is 2. The third kappa shape index (κ3) is 6.22. The SMILES string of the molecule is CC(C)(C)OC(=O)C([C@H](N)Oc1ccccc1)[C@H](C(N)=O)N1C[CH]CCC1. The van der Waals surface area contributed by atoms with Crippen molar-refractivity contribution in [1.82, 2.24) is 4.90 Å². The van der Waals surface area contributed by atoms with Crippen LogP contribution in [0.15, 0.2) is 30.3 Å². The molecule has 3 atom stereocenters. The molecule has 4 N–H and O–H groups in total. The molecule has 7 nitrogen and oxygen atoms in total. The van der Waals surface area contributed by atoms with E-state index in [0.717, 1.165) is 12.8 Å². The lowest BCUT2D eigenvalue weighted by Gasteiger charge is -2.38. The van der Waals surface area contributed by atoms with Crippen molar-refractivity contribution in [3.8, 4) is 5.75 Å². The van der Waals surface area contributed by atoms with Gasteiger partial charge >= 0.3 is 5.97 Å². The smallest absolute Gasteiger partial charge is 0.316 e. The van der Waals surface area contributed by atoms with Gasteiger partial charge < -0.3 is 15.2 Å². The number of piperidine rings is 1. The maximum absolute atomic E-state index is 13.0. The van der Waals surface area contributed by atoms with Crippen molar-refractivity contribution in [2.45, 2.75) is 51.5 Å². The summed E-state index contributed by atoms with van der Waals surface area (Å²) in [6, 6.07) is 8.01. The van der Waals surface area contributed by atoms with Gasteiger partial charge in [-0.1, -0.05) is 18.2 Å². The summed E-state index contributed by atoms with van der Waals surface area (Å²) in [5.74, 6) is -1.76. The number of amides is 1. The van der Waals surface area contributed by atoms with Crippen molar-refractivity contribution >= 4 is 11.9 Å². The Kier molecular flexibility index (Phi) is 7.21. The Bertz CT molecular complexity index is 624. The predicted octanol–water partition coefficient (Wildman–Crippen LogP) is 1.46. The first kappa shape index (κ1) is 21.2. The average Bonchev–Trinajstić information content (AvgIpc) is 2.59. The van der Waals surface area contributed by atoms with Crippen molar-refractivity contribution < 1.29 is 19.1 Å². The highest BCUT2D eigenvalue weighted by atomic mass is 16.6. The van der Waals surface area contributed by atoms with Gasteiger partial charge in [-0.25, -0.2) is 0 Å². The van der Waals surface area contributed by atoms with Crippen molar-refractivity contribution in [3.63, 3.8) is 0 Å². The highest BCUT2D eigenvalue weighted by Gasteiger charge is 2.44. The van der Waals surface area contributed by atoms with Gasteiger partial charge in [0.1, 0.15) is 23.3 Å². The lowest BCUT2D eigenvalue weighted by molar-refractivity contribution is -0.168. The van der Waals surface area contributed by atoms with Gasteiger partial charge in [-0.3, -0.25) is 20.2 Å². The van der Waals surface area contributed by atoms with E-state index in [0.29, 0.717) is 18.8 Å². The van der Waals surface area contributed by atoms with E-state index in [-0.39, 0.29) is 0 Å². The number of nitrogens with two attached hydrogens (primary N) is 2. The Balaban J connectivity index is 2.30. The molecular formula is C20H30N3O4. The van der Waals surface area contributed by atoms with Crippen LogP contribution in [0.2, 0.25) is 0 Å². The normalized spacial score (nSPS) is 19.0. The van der Waals surface area contributed by atoms with Crippen LogP contribution < -0.4 is 16.2 Å². The predicted molar refractivity (Wildman–Crippen MR) is 102 cm³/mol. The lowest BCUT2D eigenvalue weighted by atomic mass is 9.93. The molecule has 1 aromatic carbocycles. The molecular weight excluding hydrogens is 346 g/mol. The Labute approximate surface area is 161 Å². The van der Waals surface area contributed by atoms with E-state index in [1.54, 1.807) is 45.0 Å². The maximum Gasteiger partial charge on any atom is 0.316 e. The van der Waals surface area contributed by atoms with Crippen LogP contribution >= 0.6 is 0 Å². The van der Waals surface area contributed by atoms with Crippen molar-refractivity contribution in [2.75, 3.05) is 13.1 Å². The second-order valence-corrected chi connectivity index (χ2v) is 7.73. The van der Waals surface area contributed by atoms with Crippen molar-refractivity contribution in [3.05, 3.63) is 36.8 Å². The summed E-state index contributed by atoms with van der Waals surface area (Å²) < 4.78 is 11.3. The van der Waals surface area contributed by atoms with E-state index in [1.807, 2.05) is 11.0 Å². The van der Waals surface area contributed by atoms with Crippen LogP contribution in [0, 0.1) is 12.3 Å². The number of hydrogen-bond donors (Lipinski definition) is 2. The number of carbonyl (C=O) groups is 2. The fraction of sp³-hybridized carbons (Fsp3) is 0.550. The number of likely N-dealkylation sites (tertiary alicyclic amines) is 1. The minimum atomic E-state index is -1.08. The molecule has 149 valence electrons. The first-order valence-corrected chi connectivity index (χ1v) is 9.24. The minimum Gasteiger partial charge on any atom is -0.475 e. The van der Waals surface area contributed by atoms with Crippen molar-refractivity contribution in [1.29, 1.82) is 0 Å². The summed E-state index contributed by atoms with van der Waals surface area (Å²) in [5, 5.41) is 0. The molecule has 0 aromatic heterocycles. The monoisotopic (exact) mass is 376 g/mol. The lowest BCUT2D eigenvalue weighted by Crippen LogP contribution is -2.60. The molecule has 1 fully saturated rings. The zero-order valence-corrected chi connectivity index (χ0v) is 16.3. The molecule has 1 radical (unpaired) electrons. The second kappa shape index (κ2) is 9.19. The summed E-state index contributed by atoms with van der Waals surface area (Å²) >= 11 is 0. The van der Waals surface area contributed by atoms with Gasteiger partial charge in [-0.2, -0.15) is 0 Å². The largest absolute Gasteiger partial charge is 0.475 e. The molecule has 7 heteroatoms. The van der Waals surface area contributed by atoms with E-state index < -0.39 is 35.7 Å². The van der Waals surface area contributed by atoms with Crippen LogP contribution in [0.5, 0.6) is 5.75 Å².